The number of hydrogen-bond donors (Lipinski definition) is 1. The minimum atomic E-state index is -4.93. The lowest BCUT2D eigenvalue weighted by Gasteiger charge is -2.36. The van der Waals surface area contributed by atoms with Crippen LogP contribution < -0.4 is 5.32 Å². The third-order valence-electron chi connectivity index (χ3n) is 6.19. The molecule has 1 atom stereocenters. The Hall–Kier alpha value is -3.50. The van der Waals surface area contributed by atoms with E-state index in [-0.39, 0.29) is 22.7 Å². The molecule has 0 fully saturated rings. The van der Waals surface area contributed by atoms with Crippen LogP contribution in [-0.4, -0.2) is 4.98 Å². The first-order chi connectivity index (χ1) is 18.3. The van der Waals surface area contributed by atoms with Crippen molar-refractivity contribution in [2.24, 2.45) is 0 Å². The van der Waals surface area contributed by atoms with Crippen LogP contribution in [0.3, 0.4) is 0 Å². The Morgan fingerprint density at radius 3 is 2.05 bits per heavy atom. The van der Waals surface area contributed by atoms with Crippen molar-refractivity contribution in [3.63, 3.8) is 0 Å². The largest absolute Gasteiger partial charge is 0.416 e. The molecule has 0 aliphatic heterocycles. The van der Waals surface area contributed by atoms with Gasteiger partial charge in [0.2, 0.25) is 0 Å². The summed E-state index contributed by atoms with van der Waals surface area (Å²) in [5, 5.41) is 3.01. The van der Waals surface area contributed by atoms with E-state index in [0.717, 1.165) is 18.2 Å². The first-order valence-electron chi connectivity index (χ1n) is 11.4. The van der Waals surface area contributed by atoms with Crippen molar-refractivity contribution >= 4 is 11.6 Å². The Bertz CT molecular complexity index is 1440. The highest BCUT2D eigenvalue weighted by Gasteiger charge is 2.41. The molecule has 0 aliphatic carbocycles. The first kappa shape index (κ1) is 28.5. The molecule has 2 nitrogen and oxygen atoms in total. The van der Waals surface area contributed by atoms with E-state index in [4.69, 9.17) is 11.6 Å². The van der Waals surface area contributed by atoms with E-state index in [1.807, 2.05) is 0 Å². The Labute approximate surface area is 223 Å². The SMILES string of the molecule is Fc1cc(C(F)(F)F)cc(C(Cc2ccccc2)(NCc2c(F)cccc2C(F)(F)F)c2ccc(Cl)cn2)c1. The van der Waals surface area contributed by atoms with Crippen LogP contribution in [0.5, 0.6) is 0 Å². The molecule has 0 aliphatic rings. The fraction of sp³-hybridized carbons (Fsp3) is 0.179. The molecule has 1 N–H and O–H groups in total. The lowest BCUT2D eigenvalue weighted by molar-refractivity contribution is -0.139. The van der Waals surface area contributed by atoms with Crippen molar-refractivity contribution in [2.75, 3.05) is 0 Å². The maximum atomic E-state index is 14.7. The fourth-order valence-electron chi connectivity index (χ4n) is 4.37. The van der Waals surface area contributed by atoms with Crippen molar-refractivity contribution in [3.8, 4) is 0 Å². The summed E-state index contributed by atoms with van der Waals surface area (Å²) < 4.78 is 112. The summed E-state index contributed by atoms with van der Waals surface area (Å²) in [4.78, 5) is 4.24. The lowest BCUT2D eigenvalue weighted by Crippen LogP contribution is -2.46. The zero-order chi connectivity index (χ0) is 28.4. The molecule has 4 rings (SSSR count). The van der Waals surface area contributed by atoms with Gasteiger partial charge in [0, 0.05) is 24.7 Å². The van der Waals surface area contributed by atoms with Gasteiger partial charge in [0.15, 0.2) is 0 Å². The molecule has 4 aromatic rings. The van der Waals surface area contributed by atoms with Gasteiger partial charge in [-0.15, -0.1) is 0 Å². The monoisotopic (exact) mass is 570 g/mol. The molecular weight excluding hydrogens is 552 g/mol. The Balaban J connectivity index is 1.97. The van der Waals surface area contributed by atoms with E-state index >= 15 is 0 Å². The highest BCUT2D eigenvalue weighted by atomic mass is 35.5. The molecule has 204 valence electrons. The number of nitrogens with one attached hydrogen (secondary N) is 1. The molecule has 0 radical (unpaired) electrons. The maximum Gasteiger partial charge on any atom is 0.416 e. The topological polar surface area (TPSA) is 24.9 Å². The average molecular weight is 571 g/mol. The van der Waals surface area contributed by atoms with Gasteiger partial charge in [-0.25, -0.2) is 8.78 Å². The Morgan fingerprint density at radius 1 is 0.744 bits per heavy atom. The standard InChI is InChI=1S/C28H19ClF8N2/c29-20-9-10-25(38-15-20)26(14-17-5-2-1-3-6-17,18-11-19(27(32,33)34)13-21(30)12-18)39-16-22-23(28(35,36)37)7-4-8-24(22)31/h1-13,15,39H,14,16H2. The molecule has 0 saturated carbocycles. The van der Waals surface area contributed by atoms with E-state index in [1.165, 1.54) is 18.3 Å². The van der Waals surface area contributed by atoms with Gasteiger partial charge >= 0.3 is 12.4 Å². The molecule has 0 amide bonds. The van der Waals surface area contributed by atoms with Crippen molar-refractivity contribution < 1.29 is 35.1 Å². The number of nitrogens with zero attached hydrogens (tertiary/aromatic N) is 1. The van der Waals surface area contributed by atoms with E-state index in [9.17, 15) is 35.1 Å². The fourth-order valence-corrected chi connectivity index (χ4v) is 4.48. The van der Waals surface area contributed by atoms with Crippen molar-refractivity contribution in [1.29, 1.82) is 0 Å². The molecular formula is C28H19ClF8N2. The molecule has 1 heterocycles. The summed E-state index contributed by atoms with van der Waals surface area (Å²) in [6.45, 7) is -0.781. The average Bonchev–Trinajstić information content (AvgIpc) is 2.86. The summed E-state index contributed by atoms with van der Waals surface area (Å²) in [6, 6.07) is 15.3. The molecule has 39 heavy (non-hydrogen) atoms. The van der Waals surface area contributed by atoms with Crippen LogP contribution >= 0.6 is 11.6 Å². The molecule has 0 spiro atoms. The van der Waals surface area contributed by atoms with Crippen LogP contribution in [0.2, 0.25) is 5.02 Å². The number of alkyl halides is 6. The smallest absolute Gasteiger partial charge is 0.298 e. The molecule has 1 aromatic heterocycles. The summed E-state index contributed by atoms with van der Waals surface area (Å²) in [7, 11) is 0. The predicted octanol–water partition coefficient (Wildman–Crippen LogP) is 8.33. The molecule has 11 heteroatoms. The van der Waals surface area contributed by atoms with Gasteiger partial charge < -0.3 is 0 Å². The molecule has 0 saturated heterocycles. The molecule has 0 bridgehead atoms. The Kier molecular flexibility index (Phi) is 7.99. The highest BCUT2D eigenvalue weighted by molar-refractivity contribution is 6.30. The van der Waals surface area contributed by atoms with Crippen LogP contribution in [0.15, 0.2) is 85.1 Å². The lowest BCUT2D eigenvalue weighted by atomic mass is 9.79. The quantitative estimate of drug-likeness (QED) is 0.226. The molecule has 3 aromatic carbocycles. The predicted molar refractivity (Wildman–Crippen MR) is 130 cm³/mol. The number of hydrogen-bond acceptors (Lipinski definition) is 2. The number of rotatable bonds is 7. The third-order valence-corrected chi connectivity index (χ3v) is 6.41. The summed E-state index contributed by atoms with van der Waals surface area (Å²) in [5.41, 5.74) is -4.90. The van der Waals surface area contributed by atoms with E-state index < -0.39 is 52.8 Å². The van der Waals surface area contributed by atoms with Crippen LogP contribution in [-0.2, 0) is 30.9 Å². The number of pyridine rings is 1. The number of halogens is 9. The highest BCUT2D eigenvalue weighted by Crippen LogP contribution is 2.39. The normalized spacial score (nSPS) is 13.8. The van der Waals surface area contributed by atoms with Crippen LogP contribution in [0, 0.1) is 11.6 Å². The van der Waals surface area contributed by atoms with E-state index in [0.29, 0.717) is 23.8 Å². The summed E-state index contributed by atoms with van der Waals surface area (Å²) in [6.07, 6.45) is -8.83. The molecule has 1 unspecified atom stereocenters. The number of benzene rings is 3. The van der Waals surface area contributed by atoms with Gasteiger partial charge in [-0.3, -0.25) is 10.3 Å². The second-order valence-electron chi connectivity index (χ2n) is 8.77. The first-order valence-corrected chi connectivity index (χ1v) is 11.8. The van der Waals surface area contributed by atoms with Gasteiger partial charge in [0.1, 0.15) is 11.6 Å². The van der Waals surface area contributed by atoms with E-state index in [2.05, 4.69) is 10.3 Å². The van der Waals surface area contributed by atoms with Crippen LogP contribution in [0.1, 0.15) is 33.5 Å². The minimum absolute atomic E-state index is 0.0272. The van der Waals surface area contributed by atoms with E-state index in [1.54, 1.807) is 30.3 Å². The third kappa shape index (κ3) is 6.39. The van der Waals surface area contributed by atoms with Crippen molar-refractivity contribution in [3.05, 3.63) is 135 Å². The number of aromatic nitrogens is 1. The van der Waals surface area contributed by atoms with Gasteiger partial charge in [0.05, 0.1) is 27.4 Å². The van der Waals surface area contributed by atoms with Gasteiger partial charge in [-0.1, -0.05) is 48.0 Å². The maximum absolute atomic E-state index is 14.7. The zero-order valence-electron chi connectivity index (χ0n) is 19.8. The summed E-state index contributed by atoms with van der Waals surface area (Å²) >= 11 is 5.98. The minimum Gasteiger partial charge on any atom is -0.298 e. The van der Waals surface area contributed by atoms with Crippen LogP contribution in [0.4, 0.5) is 35.1 Å². The van der Waals surface area contributed by atoms with Crippen molar-refractivity contribution in [2.45, 2.75) is 30.9 Å². The second kappa shape index (κ2) is 10.9. The Morgan fingerprint density at radius 2 is 1.44 bits per heavy atom. The van der Waals surface area contributed by atoms with Crippen LogP contribution in [0.25, 0.3) is 0 Å². The van der Waals surface area contributed by atoms with Crippen molar-refractivity contribution in [1.82, 2.24) is 10.3 Å². The van der Waals surface area contributed by atoms with Gasteiger partial charge in [-0.2, -0.15) is 26.3 Å². The van der Waals surface area contributed by atoms with Gasteiger partial charge in [-0.05, 0) is 53.6 Å². The zero-order valence-corrected chi connectivity index (χ0v) is 20.6. The summed E-state index contributed by atoms with van der Waals surface area (Å²) in [5.74, 6) is -2.40. The second-order valence-corrected chi connectivity index (χ2v) is 9.21. The van der Waals surface area contributed by atoms with Gasteiger partial charge in [0.25, 0.3) is 0 Å².